The Morgan fingerprint density at radius 1 is 0.711 bits per heavy atom. The van der Waals surface area contributed by atoms with E-state index in [0.717, 1.165) is 28.3 Å². The number of ketones is 3. The van der Waals surface area contributed by atoms with E-state index in [4.69, 9.17) is 24.7 Å². The number of rotatable bonds is 48. The highest BCUT2D eigenvalue weighted by molar-refractivity contribution is 7.09. The fraction of sp³-hybridized carbons (Fsp3) is 0.689. The molecule has 30 nitrogen and oxygen atoms in total. The molecule has 2 aromatic carbocycles. The Balaban J connectivity index is 0.000000487. The number of likely N-dealkylation sites (N-methyl/N-ethyl adjacent to an activating group) is 2. The second kappa shape index (κ2) is 53.4. The maximum atomic E-state index is 14.2. The number of hydrogen-bond acceptors (Lipinski definition) is 21. The molecule has 678 valence electrons. The van der Waals surface area contributed by atoms with Crippen LogP contribution in [-0.4, -0.2) is 261 Å². The molecule has 4 heterocycles. The third-order valence-electron chi connectivity index (χ3n) is 22.6. The molecular weight excluding hydrogens is 1570 g/mol. The highest BCUT2D eigenvalue weighted by Gasteiger charge is 2.44. The zero-order valence-corrected chi connectivity index (χ0v) is 76.4. The Kier molecular flexibility index (Phi) is 46.2. The number of methoxy groups -OCH3 is 1. The summed E-state index contributed by atoms with van der Waals surface area (Å²) in [6.45, 7) is 32.0. The topological polar surface area (TPSA) is 386 Å². The fourth-order valence-corrected chi connectivity index (χ4v) is 15.5. The number of Topliss-reactive ketones (excluding diaryl/α,β-unsaturated/α-hetero) is 3. The van der Waals surface area contributed by atoms with E-state index in [1.165, 1.54) is 19.0 Å². The number of primary amides is 1. The molecule has 3 fully saturated rings. The van der Waals surface area contributed by atoms with E-state index in [2.05, 4.69) is 84.8 Å². The number of imide groups is 1. The molecule has 0 spiro atoms. The summed E-state index contributed by atoms with van der Waals surface area (Å²) in [5.41, 5.74) is 7.63. The number of nitrogens with two attached hydrogens (primary N) is 1. The first-order chi connectivity index (χ1) is 57.1. The second-order valence-corrected chi connectivity index (χ2v) is 36.1. The van der Waals surface area contributed by atoms with Crippen molar-refractivity contribution in [2.75, 3.05) is 126 Å². The van der Waals surface area contributed by atoms with Gasteiger partial charge in [0.1, 0.15) is 11.6 Å². The number of benzene rings is 2. The van der Waals surface area contributed by atoms with Crippen molar-refractivity contribution in [3.05, 3.63) is 82.3 Å². The molecule has 3 aliphatic rings. The standard InChI is InChI=1S/C43H67N3O6S.C42H65N9O12.C5H12/c1-11-29(6)41(45(9)43(51)34(28(4)5)24-38(49)30(7)27(2)3)39(52-10)25-40(50)46-20-15-18-36(46)35(26-47)31(8)37(48)23-33(42-44-19-21-53-42)22-32-16-13-12-14-17-32;1-28(2)37(47-34(54)15-23-61-25-26-62-24-17-44-33(53)14-18-51-35(55)12-13-36(51)56)32(52)27-30(7-6-16-45-41(43)59)39(57)46-31-10-8-29(9-11-31)38(63-42(60)48(3)4)40(58)50-21-19-49(5)20-22-50;1-5(2,3)4/h12-14,16-17,19,21,27-31,33-36,39,41,47H,11,15,18,20,22-26H2,1-10H3;8-11,28,30,37-38H,6-7,12-27H2,1-5H3,(H,44,53)(H,46,57)(H,47,54)(H3,43,45,59);1-4H3/t29-,30-,31+,33?,34-,35+,36-,39+,41-;30-,37+,38?;/m01./s1. The number of carbonyl (C=O) groups is 13. The Bertz CT molecular complexity index is 3720. The normalized spacial score (nSPS) is 17.1. The molecule has 0 radical (unpaired) electrons. The van der Waals surface area contributed by atoms with Gasteiger partial charge in [-0.25, -0.2) is 14.6 Å². The van der Waals surface area contributed by atoms with Crippen LogP contribution >= 0.6 is 11.3 Å². The molecule has 3 saturated heterocycles. The lowest BCUT2D eigenvalue weighted by Gasteiger charge is -2.41. The molecule has 2 unspecified atom stereocenters. The van der Waals surface area contributed by atoms with Crippen molar-refractivity contribution in [1.29, 1.82) is 0 Å². The van der Waals surface area contributed by atoms with Gasteiger partial charge in [-0.05, 0) is 85.9 Å². The average Bonchev–Trinajstić information content (AvgIpc) is 1.70. The van der Waals surface area contributed by atoms with E-state index in [0.29, 0.717) is 75.1 Å². The van der Waals surface area contributed by atoms with Gasteiger partial charge >= 0.3 is 12.1 Å². The number of amides is 11. The number of piperazine rings is 1. The number of ether oxygens (including phenoxy) is 4. The monoisotopic (exact) mass is 1710 g/mol. The van der Waals surface area contributed by atoms with Crippen LogP contribution in [0.25, 0.3) is 0 Å². The quantitative estimate of drug-likeness (QED) is 0.0226. The van der Waals surface area contributed by atoms with Crippen molar-refractivity contribution >= 4 is 93.8 Å². The van der Waals surface area contributed by atoms with Crippen LogP contribution in [-0.2, 0) is 78.1 Å². The lowest BCUT2D eigenvalue weighted by atomic mass is 9.80. The van der Waals surface area contributed by atoms with E-state index >= 15 is 0 Å². The van der Waals surface area contributed by atoms with Gasteiger partial charge in [0, 0.05) is 197 Å². The largest absolute Gasteiger partial charge is 0.431 e. The predicted molar refractivity (Wildman–Crippen MR) is 466 cm³/mol. The number of urea groups is 1. The molecular formula is C90H144N12O18S. The predicted octanol–water partition coefficient (Wildman–Crippen LogP) is 9.90. The first-order valence-electron chi connectivity index (χ1n) is 43.2. The fourth-order valence-electron chi connectivity index (χ4n) is 14.8. The van der Waals surface area contributed by atoms with E-state index in [-0.39, 0.29) is 204 Å². The van der Waals surface area contributed by atoms with Gasteiger partial charge in [-0.1, -0.05) is 146 Å². The highest BCUT2D eigenvalue weighted by Crippen LogP contribution is 2.36. The number of carbonyl (C=O) groups excluding carboxylic acids is 13. The Morgan fingerprint density at radius 2 is 1.33 bits per heavy atom. The number of anilines is 1. The zero-order valence-electron chi connectivity index (χ0n) is 75.6. The number of thiazole rings is 1. The molecule has 12 atom stereocenters. The van der Waals surface area contributed by atoms with Crippen molar-refractivity contribution in [2.24, 2.45) is 64.4 Å². The molecule has 0 bridgehead atoms. The number of aromatic nitrogens is 1. The summed E-state index contributed by atoms with van der Waals surface area (Å²) in [6, 6.07) is 14.2. The number of aliphatic hydroxyl groups excluding tert-OH is 1. The maximum Gasteiger partial charge on any atom is 0.410 e. The van der Waals surface area contributed by atoms with Crippen molar-refractivity contribution in [1.82, 2.24) is 50.3 Å². The molecule has 3 aliphatic heterocycles. The highest BCUT2D eigenvalue weighted by atomic mass is 32.1. The van der Waals surface area contributed by atoms with Gasteiger partial charge in [0.2, 0.25) is 47.5 Å². The van der Waals surface area contributed by atoms with Gasteiger partial charge in [-0.3, -0.25) is 57.6 Å². The third-order valence-corrected chi connectivity index (χ3v) is 23.5. The summed E-state index contributed by atoms with van der Waals surface area (Å²) in [4.78, 5) is 183. The molecule has 0 aliphatic carbocycles. The smallest absolute Gasteiger partial charge is 0.410 e. The van der Waals surface area contributed by atoms with Gasteiger partial charge in [-0.2, -0.15) is 0 Å². The van der Waals surface area contributed by atoms with Crippen LogP contribution in [0.1, 0.15) is 209 Å². The first-order valence-corrected chi connectivity index (χ1v) is 44.1. The molecule has 121 heavy (non-hydrogen) atoms. The minimum Gasteiger partial charge on any atom is -0.431 e. The Labute approximate surface area is 722 Å². The summed E-state index contributed by atoms with van der Waals surface area (Å²) in [5, 5.41) is 24.3. The minimum absolute atomic E-state index is 0.0116. The lowest BCUT2D eigenvalue weighted by molar-refractivity contribution is -0.148. The number of nitrogens with one attached hydrogen (secondary N) is 4. The SMILES string of the molecule is CC(C)(C)C.CC(C)[C@H](NC(=O)CCOCCOCCNC(=O)CCN1C(=O)CCC1=O)C(=O)C[C@@H](CCCNC(N)=O)C(=O)Nc1ccc(C(OC(=O)N(C)C)C(=O)N2CCN(C)CC2)cc1.CC[C@H](C)[C@@H]([C@@H](CC(=O)N1CCC[C@H]1[C@H](CO)[C@@H](C)C(=O)CC(Cc1ccccc1)c1nccs1)OC)N(C)C(=O)[C@@H](CC(=O)[C@@H](C)C(C)C)C(C)C. The summed E-state index contributed by atoms with van der Waals surface area (Å²) < 4.78 is 22.6. The van der Waals surface area contributed by atoms with E-state index in [9.17, 15) is 67.4 Å². The molecule has 31 heteroatoms. The molecule has 6 rings (SSSR count). The van der Waals surface area contributed by atoms with E-state index in [1.807, 2.05) is 77.1 Å². The lowest BCUT2D eigenvalue weighted by Crippen LogP contribution is -2.53. The van der Waals surface area contributed by atoms with Crippen molar-refractivity contribution < 1.29 is 86.4 Å². The van der Waals surface area contributed by atoms with Crippen LogP contribution < -0.4 is 27.0 Å². The van der Waals surface area contributed by atoms with Gasteiger partial charge in [0.05, 0.1) is 56.0 Å². The molecule has 0 saturated carbocycles. The van der Waals surface area contributed by atoms with Crippen molar-refractivity contribution in [3.63, 3.8) is 0 Å². The zero-order chi connectivity index (χ0) is 90.4. The van der Waals surface area contributed by atoms with Crippen LogP contribution in [0.4, 0.5) is 15.3 Å². The van der Waals surface area contributed by atoms with Crippen LogP contribution in [0.3, 0.4) is 0 Å². The molecule has 11 amide bonds. The van der Waals surface area contributed by atoms with Gasteiger partial charge in [-0.15, -0.1) is 11.3 Å². The van der Waals surface area contributed by atoms with Crippen molar-refractivity contribution in [3.8, 4) is 0 Å². The van der Waals surface area contributed by atoms with Crippen LogP contribution in [0.2, 0.25) is 0 Å². The third kappa shape index (κ3) is 36.4. The summed E-state index contributed by atoms with van der Waals surface area (Å²) in [7, 11) is 8.37. The minimum atomic E-state index is -1.21. The molecule has 1 aromatic heterocycles. The Hall–Kier alpha value is -8.62. The Morgan fingerprint density at radius 3 is 1.88 bits per heavy atom. The number of likely N-dealkylation sites (tertiary alicyclic amines) is 2. The average molecular weight is 1710 g/mol. The summed E-state index contributed by atoms with van der Waals surface area (Å²) in [5.74, 6) is -4.99. The molecule has 7 N–H and O–H groups in total. The summed E-state index contributed by atoms with van der Waals surface area (Å²) >= 11 is 1.56. The van der Waals surface area contributed by atoms with Crippen molar-refractivity contribution in [2.45, 2.75) is 223 Å². The van der Waals surface area contributed by atoms with Gasteiger partial charge in [0.15, 0.2) is 5.78 Å². The second-order valence-electron chi connectivity index (χ2n) is 35.2. The van der Waals surface area contributed by atoms with Crippen LogP contribution in [0, 0.1) is 58.7 Å². The number of nitrogens with zero attached hydrogens (tertiary/aromatic N) is 7. The number of hydrogen-bond donors (Lipinski definition) is 6. The first kappa shape index (κ1) is 105. The maximum absolute atomic E-state index is 14.2. The van der Waals surface area contributed by atoms with Gasteiger partial charge in [0.25, 0.3) is 5.91 Å². The number of aliphatic hydroxyl groups is 1. The van der Waals surface area contributed by atoms with E-state index < -0.39 is 65.9 Å². The molecule has 3 aromatic rings. The van der Waals surface area contributed by atoms with Crippen LogP contribution in [0.5, 0.6) is 0 Å². The summed E-state index contributed by atoms with van der Waals surface area (Å²) in [6.07, 6.45) is 3.49. The van der Waals surface area contributed by atoms with Gasteiger partial charge < -0.3 is 75.6 Å². The van der Waals surface area contributed by atoms with Crippen LogP contribution in [0.15, 0.2) is 66.2 Å². The van der Waals surface area contributed by atoms with E-state index in [1.54, 1.807) is 79.6 Å².